The van der Waals surface area contributed by atoms with E-state index in [4.69, 9.17) is 5.21 Å². The average molecular weight is 158 g/mol. The number of likely N-dealkylation sites (N-methyl/N-ethyl adjacent to an activating group) is 1. The van der Waals surface area contributed by atoms with Gasteiger partial charge in [-0.05, 0) is 26.4 Å². The molecule has 1 heterocycles. The second kappa shape index (κ2) is 3.69. The summed E-state index contributed by atoms with van der Waals surface area (Å²) in [7, 11) is 1.99. The van der Waals surface area contributed by atoms with Crippen LogP contribution in [0.25, 0.3) is 0 Å². The predicted octanol–water partition coefficient (Wildman–Crippen LogP) is -0.0718. The smallest absolute Gasteiger partial charge is 0.233 e. The van der Waals surface area contributed by atoms with Crippen molar-refractivity contribution >= 4 is 6.41 Å². The summed E-state index contributed by atoms with van der Waals surface area (Å²) < 4.78 is 0. The summed E-state index contributed by atoms with van der Waals surface area (Å²) in [4.78, 5) is 12.3. The summed E-state index contributed by atoms with van der Waals surface area (Å²) in [6.07, 6.45) is 2.43. The zero-order valence-corrected chi connectivity index (χ0v) is 6.73. The van der Waals surface area contributed by atoms with E-state index in [9.17, 15) is 4.79 Å². The largest absolute Gasteiger partial charge is 0.304 e. The molecular formula is C7H14N2O2. The third kappa shape index (κ3) is 2.17. The molecule has 0 saturated carbocycles. The molecule has 0 aromatic heterocycles. The number of piperidine rings is 1. The molecule has 11 heavy (non-hydrogen) atoms. The van der Waals surface area contributed by atoms with E-state index in [1.54, 1.807) is 0 Å². The van der Waals surface area contributed by atoms with Crippen LogP contribution >= 0.6 is 0 Å². The van der Waals surface area contributed by atoms with Gasteiger partial charge in [0.05, 0.1) is 6.04 Å². The van der Waals surface area contributed by atoms with E-state index in [1.165, 1.54) is 0 Å². The zero-order chi connectivity index (χ0) is 8.27. The number of carbonyl (C=O) groups excluding carboxylic acids is 1. The second-order valence-corrected chi connectivity index (χ2v) is 3.04. The van der Waals surface area contributed by atoms with Crippen molar-refractivity contribution in [2.24, 2.45) is 0 Å². The van der Waals surface area contributed by atoms with Crippen LogP contribution in [0.1, 0.15) is 12.8 Å². The predicted molar refractivity (Wildman–Crippen MR) is 40.2 cm³/mol. The Morgan fingerprint density at radius 2 is 2.45 bits per heavy atom. The number of rotatable bonds is 2. The maximum absolute atomic E-state index is 10.2. The first-order valence-electron chi connectivity index (χ1n) is 3.85. The molecule has 1 atom stereocenters. The summed E-state index contributed by atoms with van der Waals surface area (Å²) in [5.41, 5.74) is 0. The normalized spacial score (nSPS) is 26.5. The maximum Gasteiger partial charge on any atom is 0.233 e. The van der Waals surface area contributed by atoms with Crippen LogP contribution in [0.5, 0.6) is 0 Å². The molecule has 0 spiro atoms. The van der Waals surface area contributed by atoms with Crippen molar-refractivity contribution in [1.82, 2.24) is 9.96 Å². The Balaban J connectivity index is 2.38. The van der Waals surface area contributed by atoms with Crippen LogP contribution in [0.4, 0.5) is 0 Å². The van der Waals surface area contributed by atoms with Crippen molar-refractivity contribution < 1.29 is 10.0 Å². The molecule has 64 valence electrons. The number of likely N-dealkylation sites (tertiary alicyclic amines) is 1. The van der Waals surface area contributed by atoms with Crippen molar-refractivity contribution in [3.8, 4) is 0 Å². The summed E-state index contributed by atoms with van der Waals surface area (Å²) in [6.45, 7) is 1.83. The Morgan fingerprint density at radius 1 is 1.73 bits per heavy atom. The fraction of sp³-hybridized carbons (Fsp3) is 0.857. The number of nitrogens with zero attached hydrogens (tertiary/aromatic N) is 2. The summed E-state index contributed by atoms with van der Waals surface area (Å²) >= 11 is 0. The molecule has 1 fully saturated rings. The van der Waals surface area contributed by atoms with E-state index in [1.807, 2.05) is 7.05 Å². The number of hydrogen-bond donors (Lipinski definition) is 1. The number of carbonyl (C=O) groups is 1. The van der Waals surface area contributed by atoms with Crippen molar-refractivity contribution in [2.45, 2.75) is 18.9 Å². The fourth-order valence-corrected chi connectivity index (χ4v) is 1.44. The number of hydroxylamine groups is 2. The van der Waals surface area contributed by atoms with Gasteiger partial charge in [0.1, 0.15) is 0 Å². The Kier molecular flexibility index (Phi) is 2.84. The third-order valence-corrected chi connectivity index (χ3v) is 2.08. The molecule has 1 amide bonds. The van der Waals surface area contributed by atoms with Gasteiger partial charge in [-0.25, -0.2) is 5.06 Å². The summed E-state index contributed by atoms with van der Waals surface area (Å²) in [5.74, 6) is 0. The molecule has 4 nitrogen and oxygen atoms in total. The lowest BCUT2D eigenvalue weighted by molar-refractivity contribution is -0.164. The van der Waals surface area contributed by atoms with Crippen molar-refractivity contribution in [3.05, 3.63) is 0 Å². The van der Waals surface area contributed by atoms with E-state index in [0.29, 0.717) is 6.41 Å². The molecule has 0 bridgehead atoms. The van der Waals surface area contributed by atoms with E-state index in [-0.39, 0.29) is 6.04 Å². The van der Waals surface area contributed by atoms with Gasteiger partial charge in [0.2, 0.25) is 6.41 Å². The Labute approximate surface area is 66.4 Å². The lowest BCUT2D eigenvalue weighted by atomic mass is 10.1. The molecule has 1 aliphatic heterocycles. The van der Waals surface area contributed by atoms with E-state index in [2.05, 4.69) is 4.90 Å². The van der Waals surface area contributed by atoms with Gasteiger partial charge in [-0.3, -0.25) is 10.0 Å². The topological polar surface area (TPSA) is 43.8 Å². The molecule has 0 aromatic rings. The Bertz CT molecular complexity index is 140. The van der Waals surface area contributed by atoms with E-state index < -0.39 is 0 Å². The molecule has 0 radical (unpaired) electrons. The van der Waals surface area contributed by atoms with Gasteiger partial charge in [0.25, 0.3) is 0 Å². The van der Waals surface area contributed by atoms with Crippen LogP contribution in [0.3, 0.4) is 0 Å². The van der Waals surface area contributed by atoms with Crippen LogP contribution in [0.15, 0.2) is 0 Å². The average Bonchev–Trinajstić information content (AvgIpc) is 2.03. The Morgan fingerprint density at radius 3 is 3.00 bits per heavy atom. The highest BCUT2D eigenvalue weighted by molar-refractivity contribution is 5.45. The van der Waals surface area contributed by atoms with Gasteiger partial charge in [-0.15, -0.1) is 0 Å². The molecule has 1 unspecified atom stereocenters. The molecule has 1 aliphatic rings. The number of hydrogen-bond acceptors (Lipinski definition) is 3. The zero-order valence-electron chi connectivity index (χ0n) is 6.73. The molecule has 0 aromatic carbocycles. The lowest BCUT2D eigenvalue weighted by Crippen LogP contribution is -2.44. The SMILES string of the molecule is CN1CCCC(N(O)C=O)C1. The van der Waals surface area contributed by atoms with Gasteiger partial charge in [0, 0.05) is 6.54 Å². The molecule has 1 saturated heterocycles. The van der Waals surface area contributed by atoms with Gasteiger partial charge < -0.3 is 4.90 Å². The molecule has 1 N–H and O–H groups in total. The first-order chi connectivity index (χ1) is 5.24. The first kappa shape index (κ1) is 8.49. The van der Waals surface area contributed by atoms with Crippen molar-refractivity contribution in [1.29, 1.82) is 0 Å². The molecular weight excluding hydrogens is 144 g/mol. The van der Waals surface area contributed by atoms with Crippen LogP contribution in [-0.2, 0) is 4.79 Å². The minimum absolute atomic E-state index is 0.00810. The van der Waals surface area contributed by atoms with Crippen LogP contribution < -0.4 is 0 Å². The number of amides is 1. The highest BCUT2D eigenvalue weighted by Gasteiger charge is 2.21. The molecule has 1 rings (SSSR count). The van der Waals surface area contributed by atoms with Gasteiger partial charge in [0.15, 0.2) is 0 Å². The van der Waals surface area contributed by atoms with Crippen molar-refractivity contribution in [3.63, 3.8) is 0 Å². The fourth-order valence-electron chi connectivity index (χ4n) is 1.44. The highest BCUT2D eigenvalue weighted by atomic mass is 16.5. The van der Waals surface area contributed by atoms with E-state index in [0.717, 1.165) is 31.0 Å². The third-order valence-electron chi connectivity index (χ3n) is 2.08. The van der Waals surface area contributed by atoms with Gasteiger partial charge in [-0.2, -0.15) is 0 Å². The molecule has 4 heteroatoms. The summed E-state index contributed by atoms with van der Waals surface area (Å²) in [6, 6.07) is -0.00810. The highest BCUT2D eigenvalue weighted by Crippen LogP contribution is 2.11. The summed E-state index contributed by atoms with van der Waals surface area (Å²) in [5, 5.41) is 9.81. The standard InChI is InChI=1S/C7H14N2O2/c1-8-4-2-3-7(5-8)9(11)6-10/h6-7,11H,2-5H2,1H3. The first-order valence-corrected chi connectivity index (χ1v) is 3.85. The van der Waals surface area contributed by atoms with Crippen LogP contribution in [0, 0.1) is 0 Å². The van der Waals surface area contributed by atoms with Crippen molar-refractivity contribution in [2.75, 3.05) is 20.1 Å². The van der Waals surface area contributed by atoms with Crippen LogP contribution in [-0.4, -0.2) is 47.8 Å². The minimum Gasteiger partial charge on any atom is -0.304 e. The monoisotopic (exact) mass is 158 g/mol. The molecule has 0 aliphatic carbocycles. The lowest BCUT2D eigenvalue weighted by Gasteiger charge is -2.32. The van der Waals surface area contributed by atoms with E-state index >= 15 is 0 Å². The minimum atomic E-state index is -0.00810. The second-order valence-electron chi connectivity index (χ2n) is 3.04. The Hall–Kier alpha value is -0.610. The van der Waals surface area contributed by atoms with Gasteiger partial charge in [-0.1, -0.05) is 0 Å². The maximum atomic E-state index is 10.2. The van der Waals surface area contributed by atoms with Crippen LogP contribution in [0.2, 0.25) is 0 Å². The quantitative estimate of drug-likeness (QED) is 0.347. The van der Waals surface area contributed by atoms with Gasteiger partial charge >= 0.3 is 0 Å².